The molecule has 1 heterocycles. The van der Waals surface area contributed by atoms with Gasteiger partial charge in [0.2, 0.25) is 0 Å². The molecular formula is C16H13BrClN3. The summed E-state index contributed by atoms with van der Waals surface area (Å²) < 4.78 is 0.847. The molecule has 3 nitrogen and oxygen atoms in total. The molecule has 3 aromatic rings. The molecule has 0 amide bonds. The van der Waals surface area contributed by atoms with Gasteiger partial charge in [0, 0.05) is 16.1 Å². The summed E-state index contributed by atoms with van der Waals surface area (Å²) in [5, 5.41) is 1.75. The van der Waals surface area contributed by atoms with E-state index in [1.807, 2.05) is 42.5 Å². The van der Waals surface area contributed by atoms with Gasteiger partial charge in [-0.05, 0) is 51.3 Å². The number of aromatic nitrogens is 1. The summed E-state index contributed by atoms with van der Waals surface area (Å²) in [4.78, 5) is 4.38. The van der Waals surface area contributed by atoms with Gasteiger partial charge >= 0.3 is 0 Å². The number of pyridine rings is 1. The maximum Gasteiger partial charge on any atom is 0.0717 e. The smallest absolute Gasteiger partial charge is 0.0717 e. The van der Waals surface area contributed by atoms with Crippen LogP contribution in [0.15, 0.2) is 59.2 Å². The van der Waals surface area contributed by atoms with Crippen LogP contribution < -0.4 is 11.3 Å². The fraction of sp³-hybridized carbons (Fsp3) is 0.0625. The fourth-order valence-corrected chi connectivity index (χ4v) is 2.95. The summed E-state index contributed by atoms with van der Waals surface area (Å²) in [7, 11) is 0. The highest BCUT2D eigenvalue weighted by atomic mass is 79.9. The number of halogens is 2. The van der Waals surface area contributed by atoms with Crippen molar-refractivity contribution in [2.75, 3.05) is 0 Å². The Morgan fingerprint density at radius 3 is 2.76 bits per heavy atom. The molecule has 0 saturated heterocycles. The summed E-state index contributed by atoms with van der Waals surface area (Å²) in [6.07, 6.45) is 1.79. The van der Waals surface area contributed by atoms with Crippen molar-refractivity contribution in [3.05, 3.63) is 75.4 Å². The van der Waals surface area contributed by atoms with Gasteiger partial charge in [-0.2, -0.15) is 0 Å². The van der Waals surface area contributed by atoms with E-state index in [4.69, 9.17) is 17.4 Å². The molecule has 0 saturated carbocycles. The van der Waals surface area contributed by atoms with Gasteiger partial charge in [0.05, 0.1) is 16.6 Å². The van der Waals surface area contributed by atoms with E-state index in [0.717, 1.165) is 26.5 Å². The second-order valence-electron chi connectivity index (χ2n) is 4.69. The average molecular weight is 363 g/mol. The van der Waals surface area contributed by atoms with Crippen LogP contribution in [0.2, 0.25) is 5.02 Å². The lowest BCUT2D eigenvalue weighted by Crippen LogP contribution is -2.29. The quantitative estimate of drug-likeness (QED) is 0.542. The zero-order chi connectivity index (χ0) is 14.8. The molecule has 0 aliphatic heterocycles. The van der Waals surface area contributed by atoms with Crippen molar-refractivity contribution in [2.45, 2.75) is 6.04 Å². The van der Waals surface area contributed by atoms with Gasteiger partial charge < -0.3 is 0 Å². The lowest BCUT2D eigenvalue weighted by molar-refractivity contribution is 0.640. The molecule has 0 aliphatic rings. The number of nitrogens with zero attached hydrogens (tertiary/aromatic N) is 1. The van der Waals surface area contributed by atoms with Crippen LogP contribution in [0.4, 0.5) is 0 Å². The molecule has 3 rings (SSSR count). The lowest BCUT2D eigenvalue weighted by atomic mass is 9.96. The second-order valence-corrected chi connectivity index (χ2v) is 5.95. The zero-order valence-electron chi connectivity index (χ0n) is 11.1. The molecule has 2 aromatic carbocycles. The van der Waals surface area contributed by atoms with Gasteiger partial charge in [-0.1, -0.05) is 35.9 Å². The van der Waals surface area contributed by atoms with Crippen molar-refractivity contribution >= 4 is 38.4 Å². The predicted octanol–water partition coefficient (Wildman–Crippen LogP) is 4.20. The molecule has 0 radical (unpaired) electrons. The van der Waals surface area contributed by atoms with E-state index in [2.05, 4.69) is 32.4 Å². The molecule has 1 atom stereocenters. The molecule has 0 bridgehead atoms. The number of rotatable bonds is 3. The van der Waals surface area contributed by atoms with E-state index in [1.165, 1.54) is 0 Å². The monoisotopic (exact) mass is 361 g/mol. The van der Waals surface area contributed by atoms with Crippen molar-refractivity contribution in [3.8, 4) is 0 Å². The highest BCUT2D eigenvalue weighted by Crippen LogP contribution is 2.31. The number of fused-ring (bicyclic) bond motifs is 1. The molecule has 1 aromatic heterocycles. The minimum atomic E-state index is -0.133. The van der Waals surface area contributed by atoms with Crippen LogP contribution in [0.25, 0.3) is 10.9 Å². The Morgan fingerprint density at radius 1 is 1.14 bits per heavy atom. The van der Waals surface area contributed by atoms with Crippen LogP contribution in [-0.2, 0) is 0 Å². The molecule has 3 N–H and O–H groups in total. The van der Waals surface area contributed by atoms with Crippen LogP contribution in [0.1, 0.15) is 17.2 Å². The van der Waals surface area contributed by atoms with Crippen LogP contribution in [0, 0.1) is 0 Å². The summed E-state index contributed by atoms with van der Waals surface area (Å²) in [6.45, 7) is 0. The van der Waals surface area contributed by atoms with E-state index >= 15 is 0 Å². The van der Waals surface area contributed by atoms with E-state index in [0.29, 0.717) is 5.02 Å². The van der Waals surface area contributed by atoms with Gasteiger partial charge in [-0.3, -0.25) is 10.8 Å². The number of nitrogens with one attached hydrogen (secondary N) is 1. The summed E-state index contributed by atoms with van der Waals surface area (Å²) in [5.41, 5.74) is 5.94. The SMILES string of the molecule is NNC(c1ccc(Cl)c(Br)c1)c1cccc2ncccc12. The molecule has 106 valence electrons. The first-order chi connectivity index (χ1) is 10.2. The van der Waals surface area contributed by atoms with Gasteiger partial charge in [0.15, 0.2) is 0 Å². The topological polar surface area (TPSA) is 50.9 Å². The van der Waals surface area contributed by atoms with Crippen LogP contribution in [0.3, 0.4) is 0 Å². The molecule has 0 spiro atoms. The Labute approximate surface area is 136 Å². The maximum atomic E-state index is 6.06. The Balaban J connectivity index is 2.16. The largest absolute Gasteiger partial charge is 0.271 e. The third-order valence-electron chi connectivity index (χ3n) is 3.43. The predicted molar refractivity (Wildman–Crippen MR) is 90.1 cm³/mol. The van der Waals surface area contributed by atoms with Crippen LogP contribution in [0.5, 0.6) is 0 Å². The molecule has 0 fully saturated rings. The van der Waals surface area contributed by atoms with Gasteiger partial charge in [0.25, 0.3) is 0 Å². The maximum absolute atomic E-state index is 6.06. The molecule has 0 aliphatic carbocycles. The molecule has 1 unspecified atom stereocenters. The lowest BCUT2D eigenvalue weighted by Gasteiger charge is -2.19. The number of hydrogen-bond acceptors (Lipinski definition) is 3. The third-order valence-corrected chi connectivity index (χ3v) is 4.65. The molecule has 21 heavy (non-hydrogen) atoms. The average Bonchev–Trinajstić information content (AvgIpc) is 2.52. The van der Waals surface area contributed by atoms with Crippen molar-refractivity contribution in [1.29, 1.82) is 0 Å². The third kappa shape index (κ3) is 2.80. The first-order valence-electron chi connectivity index (χ1n) is 6.45. The van der Waals surface area contributed by atoms with Gasteiger partial charge in [0.1, 0.15) is 0 Å². The van der Waals surface area contributed by atoms with Crippen LogP contribution >= 0.6 is 27.5 Å². The molecule has 5 heteroatoms. The van der Waals surface area contributed by atoms with E-state index < -0.39 is 0 Å². The highest BCUT2D eigenvalue weighted by molar-refractivity contribution is 9.10. The van der Waals surface area contributed by atoms with Crippen molar-refractivity contribution in [1.82, 2.24) is 10.4 Å². The normalized spacial score (nSPS) is 12.5. The first-order valence-corrected chi connectivity index (χ1v) is 7.62. The number of benzene rings is 2. The molecular weight excluding hydrogens is 350 g/mol. The van der Waals surface area contributed by atoms with Gasteiger partial charge in [-0.25, -0.2) is 5.43 Å². The number of hydrogen-bond donors (Lipinski definition) is 2. The minimum absolute atomic E-state index is 0.133. The number of nitrogens with two attached hydrogens (primary N) is 1. The van der Waals surface area contributed by atoms with E-state index in [9.17, 15) is 0 Å². The van der Waals surface area contributed by atoms with Gasteiger partial charge in [-0.15, -0.1) is 0 Å². The Hall–Kier alpha value is -1.46. The second kappa shape index (κ2) is 6.12. The highest BCUT2D eigenvalue weighted by Gasteiger charge is 2.16. The van der Waals surface area contributed by atoms with E-state index in [1.54, 1.807) is 6.20 Å². The zero-order valence-corrected chi connectivity index (χ0v) is 13.4. The summed E-state index contributed by atoms with van der Waals surface area (Å²) in [5.74, 6) is 5.80. The van der Waals surface area contributed by atoms with Crippen molar-refractivity contribution in [2.24, 2.45) is 5.84 Å². The first kappa shape index (κ1) is 14.5. The van der Waals surface area contributed by atoms with Crippen LogP contribution in [-0.4, -0.2) is 4.98 Å². The Kier molecular flexibility index (Phi) is 4.22. The van der Waals surface area contributed by atoms with Crippen molar-refractivity contribution < 1.29 is 0 Å². The Morgan fingerprint density at radius 2 is 2.00 bits per heavy atom. The fourth-order valence-electron chi connectivity index (χ4n) is 2.44. The van der Waals surface area contributed by atoms with Crippen molar-refractivity contribution in [3.63, 3.8) is 0 Å². The minimum Gasteiger partial charge on any atom is -0.271 e. The number of hydrazine groups is 1. The Bertz CT molecular complexity index is 786. The standard InChI is InChI=1S/C16H13BrClN3/c17-13-9-10(6-7-14(13)18)16(21-19)12-3-1-5-15-11(12)4-2-8-20-15/h1-9,16,21H,19H2. The van der Waals surface area contributed by atoms with E-state index in [-0.39, 0.29) is 6.04 Å². The summed E-state index contributed by atoms with van der Waals surface area (Å²) >= 11 is 9.51. The summed E-state index contributed by atoms with van der Waals surface area (Å²) in [6, 6.07) is 15.7.